The van der Waals surface area contributed by atoms with Gasteiger partial charge in [-0.05, 0) is 111 Å². The van der Waals surface area contributed by atoms with Crippen molar-refractivity contribution < 1.29 is 13.6 Å². The Balaban J connectivity index is 1.54. The highest BCUT2D eigenvalue weighted by atomic mass is 28.4. The second-order valence-electron chi connectivity index (χ2n) is 16.2. The molecule has 7 atom stereocenters. The van der Waals surface area contributed by atoms with Crippen molar-refractivity contribution in [2.45, 2.75) is 148 Å². The zero-order chi connectivity index (χ0) is 26.9. The maximum absolute atomic E-state index is 13.0. The van der Waals surface area contributed by atoms with Gasteiger partial charge in [-0.2, -0.15) is 0 Å². The van der Waals surface area contributed by atoms with Gasteiger partial charge in [-0.3, -0.25) is 0 Å². The summed E-state index contributed by atoms with van der Waals surface area (Å²) >= 11 is 0. The number of aldehydes is 1. The van der Waals surface area contributed by atoms with E-state index in [-0.39, 0.29) is 27.0 Å². The molecule has 0 N–H and O–H groups in total. The normalized spacial score (nSPS) is 39.6. The van der Waals surface area contributed by atoms with E-state index in [0.717, 1.165) is 25.7 Å². The first-order valence-electron chi connectivity index (χ1n) is 14.9. The number of carbonyl (C=O) groups is 1. The molecule has 0 aromatic rings. The summed E-state index contributed by atoms with van der Waals surface area (Å²) in [5.74, 6) is 1.82. The van der Waals surface area contributed by atoms with Gasteiger partial charge in [0.1, 0.15) is 6.29 Å². The Bertz CT molecular complexity index is 879. The van der Waals surface area contributed by atoms with E-state index >= 15 is 0 Å². The molecule has 4 aliphatic rings. The Kier molecular flexibility index (Phi) is 7.32. The fraction of sp³-hybridized carbons (Fsp3) is 0.903. The molecule has 3 nitrogen and oxygen atoms in total. The van der Waals surface area contributed by atoms with E-state index in [2.05, 4.69) is 80.7 Å². The predicted octanol–water partition coefficient (Wildman–Crippen LogP) is 8.91. The lowest BCUT2D eigenvalue weighted by molar-refractivity contribution is -0.127. The number of hydrogen-bond acceptors (Lipinski definition) is 3. The van der Waals surface area contributed by atoms with Gasteiger partial charge in [-0.15, -0.1) is 0 Å². The highest BCUT2D eigenvalue weighted by Gasteiger charge is 2.61. The lowest BCUT2D eigenvalue weighted by Gasteiger charge is -2.58. The minimum atomic E-state index is -1.81. The Morgan fingerprint density at radius 1 is 0.861 bits per heavy atom. The Labute approximate surface area is 224 Å². The average Bonchev–Trinajstić information content (AvgIpc) is 3.07. The van der Waals surface area contributed by atoms with Gasteiger partial charge in [0.25, 0.3) is 0 Å². The minimum Gasteiger partial charge on any atom is -0.414 e. The fourth-order valence-electron chi connectivity index (χ4n) is 7.92. The maximum Gasteiger partial charge on any atom is 0.192 e. The number of hydrogen-bond donors (Lipinski definition) is 0. The molecule has 4 rings (SSSR count). The molecule has 0 radical (unpaired) electrons. The lowest BCUT2D eigenvalue weighted by Crippen LogP contribution is -2.55. The smallest absolute Gasteiger partial charge is 0.192 e. The zero-order valence-corrected chi connectivity index (χ0v) is 27.4. The van der Waals surface area contributed by atoms with E-state index in [9.17, 15) is 4.79 Å². The first-order chi connectivity index (χ1) is 16.4. The molecule has 3 fully saturated rings. The third kappa shape index (κ3) is 4.60. The summed E-state index contributed by atoms with van der Waals surface area (Å²) in [5.41, 5.74) is 1.44. The van der Waals surface area contributed by atoms with Crippen LogP contribution >= 0.6 is 0 Å². The van der Waals surface area contributed by atoms with Gasteiger partial charge in [0.15, 0.2) is 16.6 Å². The summed E-state index contributed by atoms with van der Waals surface area (Å²) in [5, 5.41) is 0.464. The van der Waals surface area contributed by atoms with Crippen LogP contribution in [-0.2, 0) is 13.6 Å². The summed E-state index contributed by atoms with van der Waals surface area (Å²) in [6, 6.07) is 0. The van der Waals surface area contributed by atoms with Crippen LogP contribution in [0.15, 0.2) is 11.6 Å². The lowest BCUT2D eigenvalue weighted by atomic mass is 9.48. The molecule has 0 heterocycles. The van der Waals surface area contributed by atoms with Crippen LogP contribution in [0.1, 0.15) is 99.8 Å². The van der Waals surface area contributed by atoms with E-state index in [1.165, 1.54) is 37.5 Å². The SMILES string of the molecule is CC(C)(C)[Si](C)(C)O[C@H]1CC[C@@]2(C=O)C(=CC[C@H]3[C@@H]4CC[C@H](O[Si](C)(C)C(C)(C)C)[C@@]4(C)CC[C@@H]32)C1. The summed E-state index contributed by atoms with van der Waals surface area (Å²) in [6.07, 6.45) is 13.5. The molecular weight excluding hydrogens is 477 g/mol. The van der Waals surface area contributed by atoms with Crippen LogP contribution < -0.4 is 0 Å². The van der Waals surface area contributed by atoms with Crippen LogP contribution in [0.3, 0.4) is 0 Å². The van der Waals surface area contributed by atoms with E-state index in [1.54, 1.807) is 0 Å². The molecule has 0 spiro atoms. The number of rotatable bonds is 5. The molecule has 0 aromatic carbocycles. The topological polar surface area (TPSA) is 35.5 Å². The number of carbonyl (C=O) groups excluding carboxylic acids is 1. The number of allylic oxidation sites excluding steroid dienone is 1. The van der Waals surface area contributed by atoms with E-state index < -0.39 is 16.6 Å². The largest absolute Gasteiger partial charge is 0.414 e. The van der Waals surface area contributed by atoms with Crippen molar-refractivity contribution in [1.82, 2.24) is 0 Å². The first-order valence-corrected chi connectivity index (χ1v) is 20.7. The molecule has 0 unspecified atom stereocenters. The average molecular weight is 533 g/mol. The number of fused-ring (bicyclic) bond motifs is 5. The Morgan fingerprint density at radius 2 is 1.47 bits per heavy atom. The third-order valence-corrected chi connectivity index (χ3v) is 21.3. The van der Waals surface area contributed by atoms with Gasteiger partial charge in [-0.1, -0.05) is 60.1 Å². The quantitative estimate of drug-likeness (QED) is 0.201. The first kappa shape index (κ1) is 28.8. The fourth-order valence-corrected chi connectivity index (χ4v) is 10.8. The summed E-state index contributed by atoms with van der Waals surface area (Å²) in [7, 11) is -3.62. The Hall–Kier alpha value is -0.236. The molecule has 36 heavy (non-hydrogen) atoms. The molecule has 5 heteroatoms. The molecule has 0 saturated heterocycles. The molecule has 0 bridgehead atoms. The van der Waals surface area contributed by atoms with Crippen LogP contribution in [0.2, 0.25) is 36.3 Å². The second-order valence-corrected chi connectivity index (χ2v) is 25.7. The van der Waals surface area contributed by atoms with Gasteiger partial charge in [-0.25, -0.2) is 0 Å². The summed E-state index contributed by atoms with van der Waals surface area (Å²) < 4.78 is 14.0. The van der Waals surface area contributed by atoms with Gasteiger partial charge >= 0.3 is 0 Å². The van der Waals surface area contributed by atoms with Crippen LogP contribution in [0.4, 0.5) is 0 Å². The second kappa shape index (κ2) is 9.16. The van der Waals surface area contributed by atoms with Gasteiger partial charge < -0.3 is 13.6 Å². The highest BCUT2D eigenvalue weighted by molar-refractivity contribution is 6.74. The standard InChI is InChI=1S/C31H56O3Si2/c1-28(2,3)35(8,9)33-23-16-19-31(21-32)22(20-23)12-13-24-25-14-15-27(30(25,7)18-17-26(24)31)34-36(10,11)29(4,5)6/h12,21,23-27H,13-20H2,1-11H3/t23-,24-,25-,26-,27-,30-,31+/m0/s1. The van der Waals surface area contributed by atoms with Crippen molar-refractivity contribution in [2.24, 2.45) is 28.6 Å². The molecule has 206 valence electrons. The van der Waals surface area contributed by atoms with E-state index in [0.29, 0.717) is 23.9 Å². The van der Waals surface area contributed by atoms with Gasteiger partial charge in [0.2, 0.25) is 0 Å². The zero-order valence-electron chi connectivity index (χ0n) is 25.4. The van der Waals surface area contributed by atoms with Crippen molar-refractivity contribution in [3.63, 3.8) is 0 Å². The summed E-state index contributed by atoms with van der Waals surface area (Å²) in [6.45, 7) is 26.1. The minimum absolute atomic E-state index is 0.220. The van der Waals surface area contributed by atoms with Crippen LogP contribution in [0.25, 0.3) is 0 Å². The van der Waals surface area contributed by atoms with Crippen molar-refractivity contribution in [2.75, 3.05) is 0 Å². The monoisotopic (exact) mass is 532 g/mol. The molecular formula is C31H56O3Si2. The van der Waals surface area contributed by atoms with Crippen molar-refractivity contribution in [3.05, 3.63) is 11.6 Å². The van der Waals surface area contributed by atoms with Gasteiger partial charge in [0.05, 0.1) is 11.5 Å². The third-order valence-electron chi connectivity index (χ3n) is 12.3. The Morgan fingerprint density at radius 3 is 2.06 bits per heavy atom. The van der Waals surface area contributed by atoms with E-state index in [4.69, 9.17) is 8.85 Å². The highest BCUT2D eigenvalue weighted by Crippen LogP contribution is 2.65. The van der Waals surface area contributed by atoms with Crippen LogP contribution in [-0.4, -0.2) is 35.1 Å². The van der Waals surface area contributed by atoms with Gasteiger partial charge in [0, 0.05) is 6.10 Å². The maximum atomic E-state index is 13.0. The molecule has 4 aliphatic carbocycles. The van der Waals surface area contributed by atoms with Crippen molar-refractivity contribution >= 4 is 22.9 Å². The van der Waals surface area contributed by atoms with Crippen molar-refractivity contribution in [1.29, 1.82) is 0 Å². The van der Waals surface area contributed by atoms with Crippen LogP contribution in [0, 0.1) is 28.6 Å². The predicted molar refractivity (Wildman–Crippen MR) is 156 cm³/mol. The molecule has 0 aromatic heterocycles. The van der Waals surface area contributed by atoms with Crippen LogP contribution in [0.5, 0.6) is 0 Å². The molecule has 0 aliphatic heterocycles. The molecule has 0 amide bonds. The van der Waals surface area contributed by atoms with Crippen molar-refractivity contribution in [3.8, 4) is 0 Å². The summed E-state index contributed by atoms with van der Waals surface area (Å²) in [4.78, 5) is 13.0. The van der Waals surface area contributed by atoms with E-state index in [1.807, 2.05) is 0 Å². The molecule has 3 saturated carbocycles.